The molecule has 0 aliphatic carbocycles. The first-order chi connectivity index (χ1) is 8.92. The zero-order chi connectivity index (χ0) is 14.0. The van der Waals surface area contributed by atoms with E-state index in [1.807, 2.05) is 19.1 Å². The van der Waals surface area contributed by atoms with E-state index >= 15 is 0 Å². The van der Waals surface area contributed by atoms with Gasteiger partial charge in [0, 0.05) is 21.2 Å². The van der Waals surface area contributed by atoms with Crippen molar-refractivity contribution < 1.29 is 13.5 Å². The third-order valence-electron chi connectivity index (χ3n) is 2.38. The van der Waals surface area contributed by atoms with Crippen molar-refractivity contribution in [2.45, 2.75) is 25.0 Å². The molecule has 0 fully saturated rings. The molecule has 2 N–H and O–H groups in total. The van der Waals surface area contributed by atoms with Gasteiger partial charge in [-0.15, -0.1) is 22.7 Å². The van der Waals surface area contributed by atoms with Gasteiger partial charge in [0.05, 0.1) is 10.4 Å². The summed E-state index contributed by atoms with van der Waals surface area (Å²) in [6.07, 6.45) is 0. The van der Waals surface area contributed by atoms with Gasteiger partial charge in [-0.3, -0.25) is 0 Å². The summed E-state index contributed by atoms with van der Waals surface area (Å²) in [7, 11) is -3.56. The van der Waals surface area contributed by atoms with E-state index in [9.17, 15) is 8.42 Å². The Morgan fingerprint density at radius 3 is 2.58 bits per heavy atom. The zero-order valence-corrected chi connectivity index (χ0v) is 14.0. The molecule has 104 valence electrons. The van der Waals surface area contributed by atoms with Crippen LogP contribution in [0, 0.1) is 6.92 Å². The number of halogens is 1. The highest BCUT2D eigenvalue weighted by Gasteiger charge is 2.20. The van der Waals surface area contributed by atoms with E-state index in [0.29, 0.717) is 8.66 Å². The number of thiophene rings is 2. The van der Waals surface area contributed by atoms with Gasteiger partial charge in [-0.2, -0.15) is 0 Å². The molecule has 0 unspecified atom stereocenters. The number of sulfonamides is 1. The molecule has 4 nitrogen and oxygen atoms in total. The summed E-state index contributed by atoms with van der Waals surface area (Å²) in [6, 6.07) is 5.35. The summed E-state index contributed by atoms with van der Waals surface area (Å²) >= 11 is 5.99. The van der Waals surface area contributed by atoms with Crippen molar-refractivity contribution in [2.24, 2.45) is 0 Å². The van der Waals surface area contributed by atoms with Gasteiger partial charge < -0.3 is 5.11 Å². The molecule has 0 radical (unpaired) electrons. The lowest BCUT2D eigenvalue weighted by Gasteiger charge is -2.04. The molecule has 0 amide bonds. The Labute approximate surface area is 128 Å². The maximum absolute atomic E-state index is 12.2. The van der Waals surface area contributed by atoms with E-state index in [1.165, 1.54) is 17.4 Å². The molecule has 2 aromatic rings. The molecule has 2 heterocycles. The highest BCUT2D eigenvalue weighted by molar-refractivity contribution is 9.11. The van der Waals surface area contributed by atoms with Crippen molar-refractivity contribution in [1.82, 2.24) is 4.72 Å². The quantitative estimate of drug-likeness (QED) is 0.836. The first kappa shape index (κ1) is 15.1. The molecular formula is C11H12BrNO3S3. The van der Waals surface area contributed by atoms with E-state index in [2.05, 4.69) is 20.7 Å². The fraction of sp³-hybridized carbons (Fsp3) is 0.273. The second-order valence-electron chi connectivity index (χ2n) is 3.85. The fourth-order valence-corrected chi connectivity index (χ4v) is 5.95. The summed E-state index contributed by atoms with van der Waals surface area (Å²) in [5.74, 6) is 0. The Balaban J connectivity index is 2.15. The highest BCUT2D eigenvalue weighted by Crippen LogP contribution is 2.31. The van der Waals surface area contributed by atoms with Gasteiger partial charge >= 0.3 is 0 Å². The van der Waals surface area contributed by atoms with Gasteiger partial charge in [0.25, 0.3) is 0 Å². The molecule has 2 rings (SSSR count). The Hall–Kier alpha value is -0.250. The average molecular weight is 382 g/mol. The highest BCUT2D eigenvalue weighted by atomic mass is 79.9. The van der Waals surface area contributed by atoms with Crippen LogP contribution in [-0.2, 0) is 23.2 Å². The predicted octanol–water partition coefficient (Wildman–Crippen LogP) is 2.85. The van der Waals surface area contributed by atoms with Crippen LogP contribution in [-0.4, -0.2) is 13.5 Å². The van der Waals surface area contributed by atoms with Crippen molar-refractivity contribution in [1.29, 1.82) is 0 Å². The molecule has 0 aliphatic heterocycles. The molecule has 0 atom stereocenters. The number of aryl methyl sites for hydroxylation is 1. The van der Waals surface area contributed by atoms with Crippen LogP contribution in [0.1, 0.15) is 14.6 Å². The van der Waals surface area contributed by atoms with E-state index in [-0.39, 0.29) is 18.0 Å². The monoisotopic (exact) mass is 381 g/mol. The second-order valence-corrected chi connectivity index (χ2v) is 9.41. The number of aliphatic hydroxyl groups excluding tert-OH is 1. The Morgan fingerprint density at radius 2 is 2.05 bits per heavy atom. The second kappa shape index (κ2) is 6.02. The number of hydrogen-bond acceptors (Lipinski definition) is 5. The smallest absolute Gasteiger partial charge is 0.242 e. The Morgan fingerprint density at radius 1 is 1.32 bits per heavy atom. The van der Waals surface area contributed by atoms with Crippen LogP contribution in [0.4, 0.5) is 0 Å². The lowest BCUT2D eigenvalue weighted by molar-refractivity contribution is 0.285. The molecule has 0 saturated heterocycles. The summed E-state index contributed by atoms with van der Waals surface area (Å²) in [5, 5.41) is 9.03. The minimum Gasteiger partial charge on any atom is -0.391 e. The SMILES string of the molecule is Cc1ccc(CNS(=O)(=O)c2cc(CO)sc2Br)s1. The molecular weight excluding hydrogens is 370 g/mol. The molecule has 0 bridgehead atoms. The molecule has 8 heteroatoms. The molecule has 19 heavy (non-hydrogen) atoms. The van der Waals surface area contributed by atoms with Gasteiger partial charge in [-0.1, -0.05) is 0 Å². The summed E-state index contributed by atoms with van der Waals surface area (Å²) in [6.45, 7) is 2.09. The van der Waals surface area contributed by atoms with E-state index in [0.717, 1.165) is 9.75 Å². The van der Waals surface area contributed by atoms with Gasteiger partial charge in [-0.25, -0.2) is 13.1 Å². The molecule has 0 aliphatic rings. The maximum Gasteiger partial charge on any atom is 0.242 e. The van der Waals surface area contributed by atoms with E-state index in [4.69, 9.17) is 5.11 Å². The largest absolute Gasteiger partial charge is 0.391 e. The minimum absolute atomic E-state index is 0.164. The molecule has 0 saturated carbocycles. The minimum atomic E-state index is -3.56. The lowest BCUT2D eigenvalue weighted by atomic mass is 10.4. The summed E-state index contributed by atoms with van der Waals surface area (Å²) in [5.41, 5.74) is 0. The van der Waals surface area contributed by atoms with E-state index in [1.54, 1.807) is 11.3 Å². The van der Waals surface area contributed by atoms with Crippen LogP contribution >= 0.6 is 38.6 Å². The van der Waals surface area contributed by atoms with Crippen LogP contribution in [0.5, 0.6) is 0 Å². The number of rotatable bonds is 5. The average Bonchev–Trinajstić information content (AvgIpc) is 2.93. The topological polar surface area (TPSA) is 66.4 Å². The Kier molecular flexibility index (Phi) is 4.80. The standard InChI is InChI=1S/C11H12BrNO3S3/c1-7-2-3-8(17-7)5-13-19(15,16)10-4-9(6-14)18-11(10)12/h2-4,13-14H,5-6H2,1H3. The third-order valence-corrected chi connectivity index (χ3v) is 7.02. The van der Waals surface area contributed by atoms with Crippen LogP contribution in [0.25, 0.3) is 0 Å². The van der Waals surface area contributed by atoms with Crippen molar-refractivity contribution in [2.75, 3.05) is 0 Å². The zero-order valence-electron chi connectivity index (χ0n) is 10.0. The normalized spacial score (nSPS) is 11.9. The van der Waals surface area contributed by atoms with Gasteiger partial charge in [0.1, 0.15) is 4.90 Å². The third kappa shape index (κ3) is 3.65. The first-order valence-corrected chi connectivity index (χ1v) is 9.27. The lowest BCUT2D eigenvalue weighted by Crippen LogP contribution is -2.22. The van der Waals surface area contributed by atoms with Crippen LogP contribution < -0.4 is 4.72 Å². The van der Waals surface area contributed by atoms with Crippen LogP contribution in [0.2, 0.25) is 0 Å². The summed E-state index contributed by atoms with van der Waals surface area (Å²) < 4.78 is 27.4. The summed E-state index contributed by atoms with van der Waals surface area (Å²) in [4.78, 5) is 2.90. The van der Waals surface area contributed by atoms with Crippen molar-refractivity contribution in [3.8, 4) is 0 Å². The first-order valence-electron chi connectivity index (χ1n) is 5.36. The van der Waals surface area contributed by atoms with Crippen molar-refractivity contribution >= 4 is 48.6 Å². The molecule has 2 aromatic heterocycles. The number of nitrogens with one attached hydrogen (secondary N) is 1. The van der Waals surface area contributed by atoms with Crippen LogP contribution in [0.3, 0.4) is 0 Å². The Bertz CT molecular complexity index is 675. The van der Waals surface area contributed by atoms with Crippen molar-refractivity contribution in [3.63, 3.8) is 0 Å². The fourth-order valence-electron chi connectivity index (χ4n) is 1.48. The van der Waals surface area contributed by atoms with Crippen LogP contribution in [0.15, 0.2) is 26.9 Å². The maximum atomic E-state index is 12.2. The van der Waals surface area contributed by atoms with E-state index < -0.39 is 10.0 Å². The predicted molar refractivity (Wildman–Crippen MR) is 81.0 cm³/mol. The number of hydrogen-bond donors (Lipinski definition) is 2. The van der Waals surface area contributed by atoms with Gasteiger partial charge in [0.2, 0.25) is 10.0 Å². The number of aliphatic hydroxyl groups is 1. The molecule has 0 aromatic carbocycles. The molecule has 0 spiro atoms. The van der Waals surface area contributed by atoms with Crippen molar-refractivity contribution in [3.05, 3.63) is 36.6 Å². The van der Waals surface area contributed by atoms with Gasteiger partial charge in [-0.05, 0) is 41.1 Å². The van der Waals surface area contributed by atoms with Gasteiger partial charge in [0.15, 0.2) is 0 Å².